The molecule has 3 heterocycles. The molecule has 0 amide bonds. The smallest absolute Gasteiger partial charge is 0.399 e. The van der Waals surface area contributed by atoms with Gasteiger partial charge in [0.15, 0.2) is 5.65 Å². The molecule has 0 bridgehead atoms. The molecule has 0 radical (unpaired) electrons. The normalized spacial score (nSPS) is 16.8. The van der Waals surface area contributed by atoms with E-state index in [9.17, 15) is 17.2 Å². The summed E-state index contributed by atoms with van der Waals surface area (Å²) in [6.45, 7) is 8.90. The zero-order valence-electron chi connectivity index (χ0n) is 21.6. The summed E-state index contributed by atoms with van der Waals surface area (Å²) in [4.78, 5) is 8.98. The van der Waals surface area contributed by atoms with Crippen molar-refractivity contribution in [3.05, 3.63) is 77.8 Å². The Morgan fingerprint density at radius 3 is 2.16 bits per heavy atom. The fourth-order valence-electron chi connectivity index (χ4n) is 4.27. The van der Waals surface area contributed by atoms with Crippen LogP contribution in [0.4, 0.5) is 14.6 Å². The lowest BCUT2D eigenvalue weighted by Crippen LogP contribution is -2.41. The molecule has 0 aliphatic carbocycles. The Balaban J connectivity index is 1.71. The summed E-state index contributed by atoms with van der Waals surface area (Å²) >= 11 is 0. The molecule has 12 heteroatoms. The number of aromatic nitrogens is 3. The number of aryl methyl sites for hydroxylation is 1. The van der Waals surface area contributed by atoms with E-state index in [1.165, 1.54) is 36.5 Å². The van der Waals surface area contributed by atoms with Crippen LogP contribution in [0.5, 0.6) is 0 Å². The molecular weight excluding hydrogens is 513 g/mol. The SMILES string of the molecule is Cc1nc(NCc2c(F)cccc2F)c2c(B3OC(C)(C)C(C)(C)O3)cn(S(=O)(=O)c3ccccc3)c2n1. The van der Waals surface area contributed by atoms with E-state index in [-0.39, 0.29) is 34.3 Å². The molecular formula is C26H27BF2N4O4S. The summed E-state index contributed by atoms with van der Waals surface area (Å²) in [6.07, 6.45) is 1.41. The molecule has 1 aliphatic rings. The first-order chi connectivity index (χ1) is 17.8. The number of hydrogen-bond donors (Lipinski definition) is 1. The number of nitrogens with zero attached hydrogens (tertiary/aromatic N) is 3. The summed E-state index contributed by atoms with van der Waals surface area (Å²) in [6, 6.07) is 11.6. The van der Waals surface area contributed by atoms with Gasteiger partial charge in [0.1, 0.15) is 23.3 Å². The van der Waals surface area contributed by atoms with Gasteiger partial charge in [0.2, 0.25) is 0 Å². The maximum atomic E-state index is 14.4. The van der Waals surface area contributed by atoms with Gasteiger partial charge in [0.25, 0.3) is 10.0 Å². The topological polar surface area (TPSA) is 95.3 Å². The monoisotopic (exact) mass is 540 g/mol. The highest BCUT2D eigenvalue weighted by Gasteiger charge is 2.53. The third-order valence-electron chi connectivity index (χ3n) is 7.06. The van der Waals surface area contributed by atoms with Gasteiger partial charge in [-0.3, -0.25) is 0 Å². The molecule has 0 unspecified atom stereocenters. The van der Waals surface area contributed by atoms with E-state index < -0.39 is 40.0 Å². The Morgan fingerprint density at radius 1 is 0.947 bits per heavy atom. The minimum atomic E-state index is -4.08. The van der Waals surface area contributed by atoms with Crippen LogP contribution < -0.4 is 10.8 Å². The molecule has 4 aromatic rings. The van der Waals surface area contributed by atoms with Gasteiger partial charge in [-0.25, -0.2) is 31.1 Å². The van der Waals surface area contributed by atoms with E-state index in [1.807, 2.05) is 27.7 Å². The molecule has 38 heavy (non-hydrogen) atoms. The highest BCUT2D eigenvalue weighted by Crippen LogP contribution is 2.38. The van der Waals surface area contributed by atoms with Gasteiger partial charge in [-0.2, -0.15) is 0 Å². The van der Waals surface area contributed by atoms with Crippen molar-refractivity contribution in [3.63, 3.8) is 0 Å². The van der Waals surface area contributed by atoms with E-state index in [1.54, 1.807) is 25.1 Å². The van der Waals surface area contributed by atoms with E-state index in [0.717, 1.165) is 3.97 Å². The molecule has 1 N–H and O–H groups in total. The maximum absolute atomic E-state index is 14.4. The summed E-state index contributed by atoms with van der Waals surface area (Å²) in [5, 5.41) is 3.30. The third-order valence-corrected chi connectivity index (χ3v) is 8.72. The number of rotatable bonds is 6. The molecule has 0 saturated carbocycles. The molecule has 1 saturated heterocycles. The van der Waals surface area contributed by atoms with E-state index in [2.05, 4.69) is 15.3 Å². The zero-order chi connectivity index (χ0) is 27.5. The average Bonchev–Trinajstić information content (AvgIpc) is 3.33. The number of nitrogens with one attached hydrogen (secondary N) is 1. The Kier molecular flexibility index (Phi) is 6.32. The minimum Gasteiger partial charge on any atom is -0.399 e. The fourth-order valence-corrected chi connectivity index (χ4v) is 5.61. The Morgan fingerprint density at radius 2 is 1.55 bits per heavy atom. The lowest BCUT2D eigenvalue weighted by Gasteiger charge is -2.32. The minimum absolute atomic E-state index is 0.0663. The second kappa shape index (κ2) is 9.14. The van der Waals surface area contributed by atoms with E-state index in [4.69, 9.17) is 9.31 Å². The number of benzene rings is 2. The van der Waals surface area contributed by atoms with Crippen LogP contribution in [-0.2, 0) is 25.9 Å². The van der Waals surface area contributed by atoms with E-state index >= 15 is 0 Å². The van der Waals surface area contributed by atoms with Crippen molar-refractivity contribution in [2.24, 2.45) is 0 Å². The van der Waals surface area contributed by atoms with Crippen LogP contribution in [-0.4, -0.2) is 40.7 Å². The van der Waals surface area contributed by atoms with Crippen LogP contribution in [0, 0.1) is 18.6 Å². The molecule has 5 rings (SSSR count). The Labute approximate surface area is 220 Å². The maximum Gasteiger partial charge on any atom is 0.497 e. The first-order valence-corrected chi connectivity index (χ1v) is 13.5. The van der Waals surface area contributed by atoms with Gasteiger partial charge in [-0.05, 0) is 58.9 Å². The molecule has 2 aromatic carbocycles. The molecule has 0 spiro atoms. The molecule has 1 fully saturated rings. The van der Waals surface area contributed by atoms with Crippen LogP contribution in [0.25, 0.3) is 11.0 Å². The van der Waals surface area contributed by atoms with Gasteiger partial charge in [-0.1, -0.05) is 24.3 Å². The van der Waals surface area contributed by atoms with Gasteiger partial charge in [-0.15, -0.1) is 0 Å². The van der Waals surface area contributed by atoms with Crippen molar-refractivity contribution in [1.82, 2.24) is 13.9 Å². The van der Waals surface area contributed by atoms with Crippen molar-refractivity contribution in [1.29, 1.82) is 0 Å². The van der Waals surface area contributed by atoms with Gasteiger partial charge >= 0.3 is 7.12 Å². The van der Waals surface area contributed by atoms with Crippen LogP contribution in [0.1, 0.15) is 39.1 Å². The van der Waals surface area contributed by atoms with Crippen LogP contribution in [0.15, 0.2) is 59.6 Å². The number of anilines is 1. The number of fused-ring (bicyclic) bond motifs is 1. The lowest BCUT2D eigenvalue weighted by atomic mass is 9.79. The molecule has 2 aromatic heterocycles. The summed E-state index contributed by atoms with van der Waals surface area (Å²) < 4.78 is 69.7. The lowest BCUT2D eigenvalue weighted by molar-refractivity contribution is 0.00578. The molecule has 8 nitrogen and oxygen atoms in total. The Bertz CT molecular complexity index is 1610. The third kappa shape index (κ3) is 4.36. The van der Waals surface area contributed by atoms with Crippen LogP contribution in [0.2, 0.25) is 0 Å². The largest absolute Gasteiger partial charge is 0.497 e. The second-order valence-electron chi connectivity index (χ2n) is 10.2. The number of halogens is 2. The molecule has 0 atom stereocenters. The summed E-state index contributed by atoms with van der Waals surface area (Å²) in [7, 11) is -5.03. The van der Waals surface area contributed by atoms with Crippen molar-refractivity contribution >= 4 is 39.5 Å². The first kappa shape index (κ1) is 26.3. The average molecular weight is 540 g/mol. The summed E-state index contributed by atoms with van der Waals surface area (Å²) in [5.41, 5.74) is -1.14. The first-order valence-electron chi connectivity index (χ1n) is 12.0. The zero-order valence-corrected chi connectivity index (χ0v) is 22.4. The number of hydrogen-bond acceptors (Lipinski definition) is 7. The second-order valence-corrected chi connectivity index (χ2v) is 12.0. The molecule has 198 valence electrons. The Hall–Kier alpha value is -3.35. The summed E-state index contributed by atoms with van der Waals surface area (Å²) in [5.74, 6) is -0.969. The van der Waals surface area contributed by atoms with Gasteiger partial charge in [0.05, 0.1) is 21.5 Å². The van der Waals surface area contributed by atoms with Crippen molar-refractivity contribution in [3.8, 4) is 0 Å². The predicted molar refractivity (Wildman–Crippen MR) is 141 cm³/mol. The highest BCUT2D eigenvalue weighted by molar-refractivity contribution is 7.90. The standard InChI is InChI=1S/C26H27BF2N4O4S/c1-16-31-23(30-14-18-20(28)12-9-13-21(18)29)22-19(27-36-25(2,3)26(4,5)37-27)15-33(24(22)32-16)38(34,35)17-10-7-6-8-11-17/h6-13,15H,14H2,1-5H3,(H,30,31,32). The van der Waals surface area contributed by atoms with Crippen molar-refractivity contribution < 1.29 is 26.5 Å². The predicted octanol–water partition coefficient (Wildman–Crippen LogP) is 4.17. The quantitative estimate of drug-likeness (QED) is 0.367. The van der Waals surface area contributed by atoms with Gasteiger partial charge < -0.3 is 14.6 Å². The van der Waals surface area contributed by atoms with E-state index in [0.29, 0.717) is 10.8 Å². The van der Waals surface area contributed by atoms with Crippen molar-refractivity contribution in [2.45, 2.75) is 57.3 Å². The van der Waals surface area contributed by atoms with Crippen molar-refractivity contribution in [2.75, 3.05) is 5.32 Å². The van der Waals surface area contributed by atoms with Crippen LogP contribution >= 0.6 is 0 Å². The fraction of sp³-hybridized carbons (Fsp3) is 0.308. The molecule has 1 aliphatic heterocycles. The van der Waals surface area contributed by atoms with Gasteiger partial charge in [0, 0.05) is 23.8 Å². The van der Waals surface area contributed by atoms with Crippen LogP contribution in [0.3, 0.4) is 0 Å². The highest BCUT2D eigenvalue weighted by atomic mass is 32.2.